The average molecular weight is 792 g/mol. The molecule has 0 radical (unpaired) electrons. The van der Waals surface area contributed by atoms with Gasteiger partial charge in [-0.3, -0.25) is 0 Å². The Morgan fingerprint density at radius 2 is 0.726 bits per heavy atom. The Labute approximate surface area is 362 Å². The molecule has 0 fully saturated rings. The van der Waals surface area contributed by atoms with Crippen molar-refractivity contribution in [3.8, 4) is 66.8 Å². The van der Waals surface area contributed by atoms with Crippen molar-refractivity contribution in [2.75, 3.05) is 4.90 Å². The molecule has 0 bridgehead atoms. The normalized spacial score (nSPS) is 11.2. The first-order valence-electron chi connectivity index (χ1n) is 21.2. The summed E-state index contributed by atoms with van der Waals surface area (Å²) in [6.45, 7) is 0. The van der Waals surface area contributed by atoms with E-state index in [0.717, 1.165) is 83.5 Å². The van der Waals surface area contributed by atoms with Gasteiger partial charge in [0.1, 0.15) is 5.58 Å². The first kappa shape index (κ1) is 36.8. The summed E-state index contributed by atoms with van der Waals surface area (Å²) in [4.78, 5) is 2.41. The van der Waals surface area contributed by atoms with Crippen LogP contribution in [-0.4, -0.2) is 0 Å². The van der Waals surface area contributed by atoms with Crippen LogP contribution in [0.1, 0.15) is 0 Å². The van der Waals surface area contributed by atoms with Gasteiger partial charge < -0.3 is 9.32 Å². The van der Waals surface area contributed by atoms with Gasteiger partial charge >= 0.3 is 0 Å². The van der Waals surface area contributed by atoms with Crippen molar-refractivity contribution in [1.29, 1.82) is 0 Å². The molecular formula is C60H41NO. The summed E-state index contributed by atoms with van der Waals surface area (Å²) in [5, 5.41) is 2.17. The van der Waals surface area contributed by atoms with Crippen LogP contribution in [0, 0.1) is 0 Å². The Balaban J connectivity index is 1.19. The molecule has 0 aliphatic carbocycles. The van der Waals surface area contributed by atoms with Gasteiger partial charge in [0.2, 0.25) is 0 Å². The maximum Gasteiger partial charge on any atom is 0.160 e. The molecule has 292 valence electrons. The molecule has 0 unspecified atom stereocenters. The van der Waals surface area contributed by atoms with Crippen LogP contribution in [0.25, 0.3) is 88.7 Å². The lowest BCUT2D eigenvalue weighted by Crippen LogP contribution is -2.12. The second-order valence-electron chi connectivity index (χ2n) is 15.6. The lowest BCUT2D eigenvalue weighted by atomic mass is 9.87. The van der Waals surface area contributed by atoms with Crippen LogP contribution in [-0.2, 0) is 0 Å². The Morgan fingerprint density at radius 3 is 1.35 bits per heavy atom. The van der Waals surface area contributed by atoms with Gasteiger partial charge in [-0.15, -0.1) is 0 Å². The van der Waals surface area contributed by atoms with E-state index in [0.29, 0.717) is 0 Å². The lowest BCUT2D eigenvalue weighted by Gasteiger charge is -2.30. The van der Waals surface area contributed by atoms with E-state index in [1.807, 2.05) is 0 Å². The van der Waals surface area contributed by atoms with E-state index < -0.39 is 0 Å². The van der Waals surface area contributed by atoms with Crippen LogP contribution >= 0.6 is 0 Å². The number of furan rings is 1. The van der Waals surface area contributed by atoms with Gasteiger partial charge in [0, 0.05) is 22.0 Å². The summed E-state index contributed by atoms with van der Waals surface area (Å²) in [6, 6.07) is 88.9. The lowest BCUT2D eigenvalue weighted by molar-refractivity contribution is 0.669. The number of fused-ring (bicyclic) bond motifs is 3. The molecule has 10 aromatic carbocycles. The zero-order chi connectivity index (χ0) is 41.2. The summed E-state index contributed by atoms with van der Waals surface area (Å²) < 4.78 is 7.07. The maximum atomic E-state index is 7.07. The maximum absolute atomic E-state index is 7.07. The molecule has 11 rings (SSSR count). The SMILES string of the molecule is c1ccc(-c2ccc(-c3ccc(N(c4ccc(-c5ccccc5)cc4)c4cccc(-c5ccccc5)c4-c4ccccc4-c4ccccc4)c4oc5ccccc5c34)cc2)cc1. The van der Waals surface area contributed by atoms with Crippen molar-refractivity contribution in [3.63, 3.8) is 0 Å². The Bertz CT molecular complexity index is 3300. The van der Waals surface area contributed by atoms with Crippen LogP contribution < -0.4 is 4.90 Å². The number of benzene rings is 10. The monoisotopic (exact) mass is 791 g/mol. The molecule has 1 heterocycles. The summed E-state index contributed by atoms with van der Waals surface area (Å²) in [7, 11) is 0. The van der Waals surface area contributed by atoms with Gasteiger partial charge in [-0.25, -0.2) is 0 Å². The number of hydrogen-bond acceptors (Lipinski definition) is 2. The van der Waals surface area contributed by atoms with Gasteiger partial charge in [0.15, 0.2) is 5.58 Å². The quantitative estimate of drug-likeness (QED) is 0.145. The molecule has 62 heavy (non-hydrogen) atoms. The topological polar surface area (TPSA) is 16.4 Å². The molecule has 0 spiro atoms. The summed E-state index contributed by atoms with van der Waals surface area (Å²) in [5.74, 6) is 0. The Hall–Kier alpha value is -8.20. The Morgan fingerprint density at radius 1 is 0.274 bits per heavy atom. The van der Waals surface area contributed by atoms with E-state index in [1.165, 1.54) is 22.3 Å². The summed E-state index contributed by atoms with van der Waals surface area (Å²) in [6.07, 6.45) is 0. The molecule has 0 N–H and O–H groups in total. The number of nitrogens with zero attached hydrogens (tertiary/aromatic N) is 1. The molecule has 11 aromatic rings. The summed E-state index contributed by atoms with van der Waals surface area (Å²) in [5.41, 5.74) is 18.6. The van der Waals surface area contributed by atoms with Crippen LogP contribution in [0.3, 0.4) is 0 Å². The van der Waals surface area contributed by atoms with Crippen LogP contribution in [0.15, 0.2) is 253 Å². The van der Waals surface area contributed by atoms with Crippen molar-refractivity contribution in [2.24, 2.45) is 0 Å². The average Bonchev–Trinajstić information content (AvgIpc) is 3.76. The smallest absolute Gasteiger partial charge is 0.160 e. The molecule has 0 saturated heterocycles. The van der Waals surface area contributed by atoms with Crippen molar-refractivity contribution >= 4 is 39.0 Å². The van der Waals surface area contributed by atoms with Gasteiger partial charge in [0.25, 0.3) is 0 Å². The van der Waals surface area contributed by atoms with E-state index in [1.54, 1.807) is 0 Å². The third-order valence-corrected chi connectivity index (χ3v) is 11.9. The minimum absolute atomic E-state index is 0.829. The van der Waals surface area contributed by atoms with Crippen LogP contribution in [0.5, 0.6) is 0 Å². The van der Waals surface area contributed by atoms with Gasteiger partial charge in [-0.1, -0.05) is 218 Å². The number of rotatable bonds is 9. The molecule has 2 heteroatoms. The Kier molecular flexibility index (Phi) is 9.57. The second kappa shape index (κ2) is 16.1. The zero-order valence-electron chi connectivity index (χ0n) is 34.0. The van der Waals surface area contributed by atoms with Crippen molar-refractivity contribution in [2.45, 2.75) is 0 Å². The molecule has 0 aliphatic heterocycles. The summed E-state index contributed by atoms with van der Waals surface area (Å²) >= 11 is 0. The second-order valence-corrected chi connectivity index (χ2v) is 15.6. The minimum Gasteiger partial charge on any atom is -0.454 e. The van der Waals surface area contributed by atoms with Gasteiger partial charge in [0.05, 0.1) is 11.4 Å². The van der Waals surface area contributed by atoms with Crippen molar-refractivity contribution < 1.29 is 4.42 Å². The van der Waals surface area contributed by atoms with Crippen LogP contribution in [0.2, 0.25) is 0 Å². The van der Waals surface area contributed by atoms with E-state index in [-0.39, 0.29) is 0 Å². The molecule has 2 nitrogen and oxygen atoms in total. The van der Waals surface area contributed by atoms with E-state index in [4.69, 9.17) is 4.42 Å². The highest BCUT2D eigenvalue weighted by Crippen LogP contribution is 2.51. The number of para-hydroxylation sites is 1. The van der Waals surface area contributed by atoms with Crippen molar-refractivity contribution in [1.82, 2.24) is 0 Å². The van der Waals surface area contributed by atoms with Gasteiger partial charge in [-0.05, 0) is 91.5 Å². The molecule has 0 amide bonds. The van der Waals surface area contributed by atoms with E-state index in [9.17, 15) is 0 Å². The third kappa shape index (κ3) is 6.74. The first-order chi connectivity index (χ1) is 30.8. The zero-order valence-corrected chi connectivity index (χ0v) is 34.0. The fourth-order valence-electron chi connectivity index (χ4n) is 8.98. The number of hydrogen-bond donors (Lipinski definition) is 0. The molecule has 0 saturated carbocycles. The van der Waals surface area contributed by atoms with Crippen LogP contribution in [0.4, 0.5) is 17.1 Å². The third-order valence-electron chi connectivity index (χ3n) is 11.9. The van der Waals surface area contributed by atoms with E-state index >= 15 is 0 Å². The highest BCUT2D eigenvalue weighted by atomic mass is 16.3. The molecule has 1 aromatic heterocycles. The van der Waals surface area contributed by atoms with Gasteiger partial charge in [-0.2, -0.15) is 0 Å². The molecule has 0 aliphatic rings. The predicted octanol–water partition coefficient (Wildman–Crippen LogP) is 17.1. The fraction of sp³-hybridized carbons (Fsp3) is 0. The highest BCUT2D eigenvalue weighted by Gasteiger charge is 2.26. The first-order valence-corrected chi connectivity index (χ1v) is 21.2. The minimum atomic E-state index is 0.829. The highest BCUT2D eigenvalue weighted by molar-refractivity contribution is 6.17. The number of anilines is 3. The van der Waals surface area contributed by atoms with E-state index in [2.05, 4.69) is 254 Å². The fourth-order valence-corrected chi connectivity index (χ4v) is 8.98. The van der Waals surface area contributed by atoms with Crippen molar-refractivity contribution in [3.05, 3.63) is 249 Å². The largest absolute Gasteiger partial charge is 0.454 e. The predicted molar refractivity (Wildman–Crippen MR) is 261 cm³/mol. The standard InChI is InChI=1S/C60H41NO/c1-5-18-42(19-6-1)44-32-34-48(35-33-44)52-40-41-56(60-59(52)54-28-15-16-31-57(54)62-60)61(49-38-36-45(37-39-49)43-20-7-2-8-21-43)55-30-17-29-51(47-24-11-4-12-25-47)58(55)53-27-14-13-26-50(53)46-22-9-3-10-23-46/h1-41H. The molecule has 0 atom stereocenters. The molecular weight excluding hydrogens is 751 g/mol.